The maximum absolute atomic E-state index is 11.9. The average Bonchev–Trinajstić information content (AvgIpc) is 3.08. The molecule has 108 valence electrons. The van der Waals surface area contributed by atoms with Crippen LogP contribution in [-0.4, -0.2) is 18.4 Å². The summed E-state index contributed by atoms with van der Waals surface area (Å²) in [7, 11) is 0. The van der Waals surface area contributed by atoms with Gasteiger partial charge in [-0.25, -0.2) is 0 Å². The van der Waals surface area contributed by atoms with Crippen molar-refractivity contribution in [2.45, 2.75) is 34.1 Å². The van der Waals surface area contributed by atoms with Crippen LogP contribution < -0.4 is 10.6 Å². The molecule has 2 atom stereocenters. The Morgan fingerprint density at radius 3 is 2.25 bits per heavy atom. The number of carbonyl (C=O) groups is 2. The number of hydrogen-bond donors (Lipinski definition) is 2. The van der Waals surface area contributed by atoms with Crippen LogP contribution in [0.3, 0.4) is 0 Å². The van der Waals surface area contributed by atoms with Gasteiger partial charge in [-0.1, -0.05) is 24.6 Å². The van der Waals surface area contributed by atoms with E-state index in [2.05, 4.69) is 10.6 Å². The van der Waals surface area contributed by atoms with E-state index in [0.29, 0.717) is 5.92 Å². The molecule has 4 nitrogen and oxygen atoms in total. The molecule has 0 aromatic heterocycles. The zero-order valence-corrected chi connectivity index (χ0v) is 12.5. The summed E-state index contributed by atoms with van der Waals surface area (Å²) in [6.45, 7) is 8.06. The highest BCUT2D eigenvalue weighted by Crippen LogP contribution is 2.37. The minimum atomic E-state index is -0.179. The fourth-order valence-electron chi connectivity index (χ4n) is 2.55. The molecule has 0 saturated heterocycles. The van der Waals surface area contributed by atoms with Gasteiger partial charge >= 0.3 is 0 Å². The minimum absolute atomic E-state index is 0.00926. The van der Waals surface area contributed by atoms with E-state index in [1.165, 1.54) is 5.56 Å². The fraction of sp³-hybridized carbons (Fsp3) is 0.500. The molecule has 1 saturated carbocycles. The standard InChI is InChI=1S/C16H22N2O2/c1-9-5-11(3)15(12(4)6-9)18-14(19)8-17-16(20)13-7-10(13)2/h5-6,10,13H,7-8H2,1-4H3,(H,17,20)(H,18,19)/t10-,13+/m1/s1. The largest absolute Gasteiger partial charge is 0.347 e. The van der Waals surface area contributed by atoms with Gasteiger partial charge in [0.25, 0.3) is 0 Å². The molecule has 1 aliphatic rings. The number of benzene rings is 1. The number of anilines is 1. The van der Waals surface area contributed by atoms with Gasteiger partial charge in [0.05, 0.1) is 6.54 Å². The molecular weight excluding hydrogens is 252 g/mol. The van der Waals surface area contributed by atoms with Crippen molar-refractivity contribution in [1.29, 1.82) is 0 Å². The molecule has 4 heteroatoms. The lowest BCUT2D eigenvalue weighted by Gasteiger charge is -2.13. The van der Waals surface area contributed by atoms with Gasteiger partial charge < -0.3 is 10.6 Å². The van der Waals surface area contributed by atoms with Gasteiger partial charge in [0.2, 0.25) is 11.8 Å². The molecule has 0 bridgehead atoms. The zero-order chi connectivity index (χ0) is 14.9. The predicted octanol–water partition coefficient (Wildman–Crippen LogP) is 2.32. The Bertz CT molecular complexity index is 528. The Balaban J connectivity index is 1.90. The van der Waals surface area contributed by atoms with Crippen LogP contribution in [-0.2, 0) is 9.59 Å². The van der Waals surface area contributed by atoms with E-state index in [1.54, 1.807) is 0 Å². The lowest BCUT2D eigenvalue weighted by molar-refractivity contribution is -0.125. The van der Waals surface area contributed by atoms with Crippen LogP contribution in [0.25, 0.3) is 0 Å². The zero-order valence-electron chi connectivity index (χ0n) is 12.5. The second-order valence-corrected chi connectivity index (χ2v) is 5.86. The van der Waals surface area contributed by atoms with Gasteiger partial charge in [0.1, 0.15) is 0 Å². The second kappa shape index (κ2) is 5.65. The fourth-order valence-corrected chi connectivity index (χ4v) is 2.55. The van der Waals surface area contributed by atoms with Gasteiger partial charge in [0.15, 0.2) is 0 Å². The highest BCUT2D eigenvalue weighted by atomic mass is 16.2. The van der Waals surface area contributed by atoms with Crippen molar-refractivity contribution in [3.05, 3.63) is 28.8 Å². The summed E-state index contributed by atoms with van der Waals surface area (Å²) in [4.78, 5) is 23.6. The molecule has 0 radical (unpaired) electrons. The SMILES string of the molecule is Cc1cc(C)c(NC(=O)CNC(=O)[C@H]2C[C@H]2C)c(C)c1. The highest BCUT2D eigenvalue weighted by Gasteiger charge is 2.38. The maximum atomic E-state index is 11.9. The summed E-state index contributed by atoms with van der Waals surface area (Å²) >= 11 is 0. The van der Waals surface area contributed by atoms with Gasteiger partial charge in [0, 0.05) is 11.6 Å². The first-order valence-corrected chi connectivity index (χ1v) is 7.04. The van der Waals surface area contributed by atoms with Crippen LogP contribution in [0.2, 0.25) is 0 Å². The normalized spacial score (nSPS) is 20.4. The first kappa shape index (κ1) is 14.6. The molecule has 1 aliphatic carbocycles. The number of carbonyl (C=O) groups excluding carboxylic acids is 2. The number of aryl methyl sites for hydroxylation is 3. The molecule has 0 aliphatic heterocycles. The van der Waals surface area contributed by atoms with Crippen LogP contribution >= 0.6 is 0 Å². The summed E-state index contributed by atoms with van der Waals surface area (Å²) in [5, 5.41) is 5.57. The Morgan fingerprint density at radius 2 is 1.75 bits per heavy atom. The summed E-state index contributed by atoms with van der Waals surface area (Å²) in [6.07, 6.45) is 0.934. The Labute approximate surface area is 119 Å². The minimum Gasteiger partial charge on any atom is -0.347 e. The topological polar surface area (TPSA) is 58.2 Å². The molecular formula is C16H22N2O2. The smallest absolute Gasteiger partial charge is 0.243 e. The number of rotatable bonds is 4. The van der Waals surface area contributed by atoms with Crippen LogP contribution in [0.15, 0.2) is 12.1 Å². The summed E-state index contributed by atoms with van der Waals surface area (Å²) in [5.41, 5.74) is 4.10. The third kappa shape index (κ3) is 3.38. The van der Waals surface area contributed by atoms with E-state index < -0.39 is 0 Å². The molecule has 0 unspecified atom stereocenters. The molecule has 0 heterocycles. The lowest BCUT2D eigenvalue weighted by Crippen LogP contribution is -2.34. The first-order chi connectivity index (χ1) is 9.38. The van der Waals surface area contributed by atoms with E-state index in [9.17, 15) is 9.59 Å². The van der Waals surface area contributed by atoms with E-state index in [-0.39, 0.29) is 24.3 Å². The third-order valence-electron chi connectivity index (χ3n) is 3.81. The lowest BCUT2D eigenvalue weighted by atomic mass is 10.1. The van der Waals surface area contributed by atoms with Gasteiger partial charge in [-0.2, -0.15) is 0 Å². The van der Waals surface area contributed by atoms with Gasteiger partial charge in [-0.05, 0) is 44.2 Å². The monoisotopic (exact) mass is 274 g/mol. The molecule has 1 fully saturated rings. The van der Waals surface area contributed by atoms with E-state index in [4.69, 9.17) is 0 Å². The van der Waals surface area contributed by atoms with Crippen LogP contribution in [0, 0.1) is 32.6 Å². The van der Waals surface area contributed by atoms with Crippen molar-refractivity contribution < 1.29 is 9.59 Å². The predicted molar refractivity (Wildman–Crippen MR) is 79.6 cm³/mol. The molecule has 2 N–H and O–H groups in total. The van der Waals surface area contributed by atoms with Crippen molar-refractivity contribution >= 4 is 17.5 Å². The average molecular weight is 274 g/mol. The maximum Gasteiger partial charge on any atom is 0.243 e. The molecule has 1 aromatic rings. The van der Waals surface area contributed by atoms with E-state index in [0.717, 1.165) is 23.2 Å². The van der Waals surface area contributed by atoms with Crippen molar-refractivity contribution in [2.24, 2.45) is 11.8 Å². The number of nitrogens with one attached hydrogen (secondary N) is 2. The Hall–Kier alpha value is -1.84. The van der Waals surface area contributed by atoms with Crippen molar-refractivity contribution in [3.63, 3.8) is 0 Å². The highest BCUT2D eigenvalue weighted by molar-refractivity contribution is 5.96. The van der Waals surface area contributed by atoms with Gasteiger partial charge in [-0.15, -0.1) is 0 Å². The molecule has 0 spiro atoms. The van der Waals surface area contributed by atoms with Crippen molar-refractivity contribution in [3.8, 4) is 0 Å². The summed E-state index contributed by atoms with van der Waals surface area (Å²) < 4.78 is 0. The molecule has 1 aromatic carbocycles. The number of hydrogen-bond acceptors (Lipinski definition) is 2. The first-order valence-electron chi connectivity index (χ1n) is 7.04. The third-order valence-corrected chi connectivity index (χ3v) is 3.81. The van der Waals surface area contributed by atoms with Crippen LogP contribution in [0.1, 0.15) is 30.0 Å². The van der Waals surface area contributed by atoms with E-state index in [1.807, 2.05) is 39.8 Å². The Morgan fingerprint density at radius 1 is 1.20 bits per heavy atom. The van der Waals surface area contributed by atoms with Crippen molar-refractivity contribution in [2.75, 3.05) is 11.9 Å². The van der Waals surface area contributed by atoms with Crippen molar-refractivity contribution in [1.82, 2.24) is 5.32 Å². The number of amides is 2. The molecule has 2 amide bonds. The summed E-state index contributed by atoms with van der Waals surface area (Å²) in [5.74, 6) is 0.372. The molecule has 2 rings (SSSR count). The van der Waals surface area contributed by atoms with Gasteiger partial charge in [-0.3, -0.25) is 9.59 Å². The Kier molecular flexibility index (Phi) is 4.12. The van der Waals surface area contributed by atoms with Crippen LogP contribution in [0.5, 0.6) is 0 Å². The second-order valence-electron chi connectivity index (χ2n) is 5.86. The molecule has 20 heavy (non-hydrogen) atoms. The summed E-state index contributed by atoms with van der Waals surface area (Å²) in [6, 6.07) is 4.07. The van der Waals surface area contributed by atoms with Crippen LogP contribution in [0.4, 0.5) is 5.69 Å². The quantitative estimate of drug-likeness (QED) is 0.885. The van der Waals surface area contributed by atoms with E-state index >= 15 is 0 Å².